The van der Waals surface area contributed by atoms with Crippen molar-refractivity contribution in [3.63, 3.8) is 0 Å². The van der Waals surface area contributed by atoms with Gasteiger partial charge in [-0.05, 0) is 6.42 Å². The van der Waals surface area contributed by atoms with Crippen LogP contribution in [0.2, 0.25) is 0 Å². The van der Waals surface area contributed by atoms with Crippen LogP contribution in [0.3, 0.4) is 0 Å². The van der Waals surface area contributed by atoms with Crippen molar-refractivity contribution in [1.29, 1.82) is 0 Å². The molecule has 1 atom stereocenters. The maximum absolute atomic E-state index is 11.2. The third kappa shape index (κ3) is 1.72. The highest BCUT2D eigenvalue weighted by Gasteiger charge is 2.13. The molecule has 0 saturated heterocycles. The van der Waals surface area contributed by atoms with Crippen molar-refractivity contribution < 1.29 is 4.42 Å². The van der Waals surface area contributed by atoms with Crippen LogP contribution >= 0.6 is 0 Å². The van der Waals surface area contributed by atoms with Gasteiger partial charge in [0.05, 0.1) is 11.9 Å². The van der Waals surface area contributed by atoms with Gasteiger partial charge in [0.1, 0.15) is 11.8 Å². The molecular formula is C10H11N3O2. The van der Waals surface area contributed by atoms with Gasteiger partial charge < -0.3 is 4.42 Å². The summed E-state index contributed by atoms with van der Waals surface area (Å²) in [5, 5.41) is 0. The van der Waals surface area contributed by atoms with Crippen LogP contribution in [0.4, 0.5) is 0 Å². The molecule has 0 saturated carbocycles. The normalized spacial score (nSPS) is 12.9. The van der Waals surface area contributed by atoms with Gasteiger partial charge in [0.25, 0.3) is 0 Å². The van der Waals surface area contributed by atoms with Crippen LogP contribution in [-0.2, 0) is 0 Å². The molecule has 0 aromatic carbocycles. The maximum atomic E-state index is 11.2. The largest absolute Gasteiger partial charge is 0.439 e. The molecule has 78 valence electrons. The first kappa shape index (κ1) is 9.76. The van der Waals surface area contributed by atoms with Gasteiger partial charge in [0.15, 0.2) is 5.58 Å². The molecule has 0 N–H and O–H groups in total. The zero-order valence-corrected chi connectivity index (χ0v) is 8.60. The van der Waals surface area contributed by atoms with Crippen LogP contribution in [0.5, 0.6) is 0 Å². The Kier molecular flexibility index (Phi) is 2.45. The molecule has 15 heavy (non-hydrogen) atoms. The van der Waals surface area contributed by atoms with Crippen molar-refractivity contribution in [2.75, 3.05) is 0 Å². The SMILES string of the molecule is CC[C@H](C)c1nc(=O)oc2cncnc12. The van der Waals surface area contributed by atoms with E-state index in [0.29, 0.717) is 16.8 Å². The Morgan fingerprint density at radius 2 is 2.33 bits per heavy atom. The van der Waals surface area contributed by atoms with Gasteiger partial charge in [-0.1, -0.05) is 13.8 Å². The molecule has 5 heteroatoms. The fourth-order valence-electron chi connectivity index (χ4n) is 1.39. The smallest absolute Gasteiger partial charge is 0.405 e. The summed E-state index contributed by atoms with van der Waals surface area (Å²) in [7, 11) is 0. The van der Waals surface area contributed by atoms with Gasteiger partial charge in [0.2, 0.25) is 0 Å². The fraction of sp³-hybridized carbons (Fsp3) is 0.400. The van der Waals surface area contributed by atoms with Crippen molar-refractivity contribution in [1.82, 2.24) is 15.0 Å². The summed E-state index contributed by atoms with van der Waals surface area (Å²) in [5.74, 6) is -0.404. The lowest BCUT2D eigenvalue weighted by Gasteiger charge is -2.07. The summed E-state index contributed by atoms with van der Waals surface area (Å²) >= 11 is 0. The van der Waals surface area contributed by atoms with Crippen LogP contribution in [0, 0.1) is 0 Å². The van der Waals surface area contributed by atoms with Gasteiger partial charge in [-0.25, -0.2) is 14.8 Å². The summed E-state index contributed by atoms with van der Waals surface area (Å²) in [6.45, 7) is 4.04. The molecule has 0 fully saturated rings. The molecule has 0 aliphatic heterocycles. The third-order valence-electron chi connectivity index (χ3n) is 2.41. The summed E-state index contributed by atoms with van der Waals surface area (Å²) in [5.41, 5.74) is 1.71. The maximum Gasteiger partial charge on any atom is 0.439 e. The summed E-state index contributed by atoms with van der Waals surface area (Å²) in [6, 6.07) is 0. The molecule has 0 amide bonds. The summed E-state index contributed by atoms with van der Waals surface area (Å²) in [6.07, 6.45) is 3.81. The number of nitrogens with zero attached hydrogens (tertiary/aromatic N) is 3. The first-order valence-corrected chi connectivity index (χ1v) is 4.83. The number of aromatic nitrogens is 3. The Morgan fingerprint density at radius 1 is 1.53 bits per heavy atom. The van der Waals surface area contributed by atoms with Gasteiger partial charge >= 0.3 is 5.76 Å². The first-order valence-electron chi connectivity index (χ1n) is 4.83. The van der Waals surface area contributed by atoms with E-state index < -0.39 is 5.76 Å². The molecular weight excluding hydrogens is 194 g/mol. The number of rotatable bonds is 2. The lowest BCUT2D eigenvalue weighted by molar-refractivity contribution is 0.516. The van der Waals surface area contributed by atoms with Crippen LogP contribution in [0.1, 0.15) is 31.9 Å². The number of hydrogen-bond acceptors (Lipinski definition) is 5. The molecule has 0 spiro atoms. The minimum absolute atomic E-state index is 0.187. The highest BCUT2D eigenvalue weighted by Crippen LogP contribution is 2.21. The zero-order chi connectivity index (χ0) is 10.8. The van der Waals surface area contributed by atoms with E-state index in [0.717, 1.165) is 6.42 Å². The van der Waals surface area contributed by atoms with Crippen molar-refractivity contribution in [3.8, 4) is 0 Å². The fourth-order valence-corrected chi connectivity index (χ4v) is 1.39. The van der Waals surface area contributed by atoms with E-state index >= 15 is 0 Å². The Bertz CT molecular complexity index is 535. The second-order valence-corrected chi connectivity index (χ2v) is 3.41. The van der Waals surface area contributed by atoms with Crippen molar-refractivity contribution in [2.24, 2.45) is 0 Å². The second-order valence-electron chi connectivity index (χ2n) is 3.41. The van der Waals surface area contributed by atoms with E-state index in [1.165, 1.54) is 12.5 Å². The molecule has 0 aliphatic rings. The zero-order valence-electron chi connectivity index (χ0n) is 8.60. The van der Waals surface area contributed by atoms with E-state index in [1.54, 1.807) is 0 Å². The van der Waals surface area contributed by atoms with E-state index in [-0.39, 0.29) is 5.92 Å². The van der Waals surface area contributed by atoms with Crippen molar-refractivity contribution in [3.05, 3.63) is 28.8 Å². The molecule has 0 bridgehead atoms. The number of hydrogen-bond donors (Lipinski definition) is 0. The predicted octanol–water partition coefficient (Wildman–Crippen LogP) is 1.49. The van der Waals surface area contributed by atoms with Crippen LogP contribution < -0.4 is 5.76 Å². The molecule has 5 nitrogen and oxygen atoms in total. The third-order valence-corrected chi connectivity index (χ3v) is 2.41. The molecule has 2 aromatic heterocycles. The molecule has 0 aliphatic carbocycles. The van der Waals surface area contributed by atoms with Gasteiger partial charge in [0, 0.05) is 5.92 Å². The summed E-state index contributed by atoms with van der Waals surface area (Å²) < 4.78 is 4.91. The minimum Gasteiger partial charge on any atom is -0.405 e. The molecule has 2 aromatic rings. The van der Waals surface area contributed by atoms with E-state index in [4.69, 9.17) is 4.42 Å². The Hall–Kier alpha value is -1.78. The monoisotopic (exact) mass is 205 g/mol. The van der Waals surface area contributed by atoms with E-state index in [9.17, 15) is 4.79 Å². The Morgan fingerprint density at radius 3 is 3.07 bits per heavy atom. The quantitative estimate of drug-likeness (QED) is 0.742. The van der Waals surface area contributed by atoms with Gasteiger partial charge in [-0.2, -0.15) is 4.98 Å². The Labute approximate surface area is 86.2 Å². The Balaban J connectivity index is 2.76. The van der Waals surface area contributed by atoms with E-state index in [1.807, 2.05) is 13.8 Å². The summed E-state index contributed by atoms with van der Waals surface area (Å²) in [4.78, 5) is 22.9. The topological polar surface area (TPSA) is 68.9 Å². The van der Waals surface area contributed by atoms with Gasteiger partial charge in [-0.3, -0.25) is 0 Å². The minimum atomic E-state index is -0.590. The average Bonchev–Trinajstić information content (AvgIpc) is 2.26. The highest BCUT2D eigenvalue weighted by molar-refractivity contribution is 5.73. The van der Waals surface area contributed by atoms with Crippen LogP contribution in [0.25, 0.3) is 11.1 Å². The molecule has 0 radical (unpaired) electrons. The molecule has 0 unspecified atom stereocenters. The molecule has 2 rings (SSSR count). The molecule has 2 heterocycles. The van der Waals surface area contributed by atoms with Gasteiger partial charge in [-0.15, -0.1) is 0 Å². The van der Waals surface area contributed by atoms with Crippen LogP contribution in [-0.4, -0.2) is 15.0 Å². The predicted molar refractivity (Wildman–Crippen MR) is 54.6 cm³/mol. The second kappa shape index (κ2) is 3.76. The highest BCUT2D eigenvalue weighted by atomic mass is 16.4. The first-order chi connectivity index (χ1) is 7.22. The average molecular weight is 205 g/mol. The lowest BCUT2D eigenvalue weighted by Crippen LogP contribution is -2.11. The number of fused-ring (bicyclic) bond motifs is 1. The van der Waals surface area contributed by atoms with E-state index in [2.05, 4.69) is 15.0 Å². The standard InChI is InChI=1S/C10H11N3O2/c1-3-6(2)8-9-7(4-11-5-12-9)15-10(14)13-8/h4-6H,3H2,1-2H3/t6-/m0/s1. The lowest BCUT2D eigenvalue weighted by atomic mass is 10.0. The van der Waals surface area contributed by atoms with Crippen LogP contribution in [0.15, 0.2) is 21.7 Å². The van der Waals surface area contributed by atoms with Crippen molar-refractivity contribution in [2.45, 2.75) is 26.2 Å². The van der Waals surface area contributed by atoms with Crippen molar-refractivity contribution >= 4 is 11.1 Å².